The van der Waals surface area contributed by atoms with E-state index in [2.05, 4.69) is 15.0 Å². The summed E-state index contributed by atoms with van der Waals surface area (Å²) >= 11 is 0. The quantitative estimate of drug-likeness (QED) is 0.455. The fourth-order valence-electron chi connectivity index (χ4n) is 3.03. The Bertz CT molecular complexity index is 1130. The molecule has 0 saturated heterocycles. The molecule has 3 rings (SSSR count). The molecular formula is C19H22FN5O4. The van der Waals surface area contributed by atoms with Gasteiger partial charge in [-0.15, -0.1) is 0 Å². The van der Waals surface area contributed by atoms with E-state index in [1.807, 2.05) is 13.8 Å². The number of H-pyrrole nitrogens is 1. The van der Waals surface area contributed by atoms with Gasteiger partial charge in [-0.25, -0.2) is 19.6 Å². The molecule has 0 spiro atoms. The van der Waals surface area contributed by atoms with Gasteiger partial charge in [-0.3, -0.25) is 14.3 Å². The molecule has 0 saturated carbocycles. The van der Waals surface area contributed by atoms with E-state index in [-0.39, 0.29) is 23.3 Å². The summed E-state index contributed by atoms with van der Waals surface area (Å²) < 4.78 is 21.3. The Hall–Kier alpha value is -3.30. The van der Waals surface area contributed by atoms with E-state index in [0.29, 0.717) is 25.3 Å². The molecule has 0 aliphatic rings. The number of aromatic nitrogens is 5. The highest BCUT2D eigenvalue weighted by atomic mass is 19.1. The summed E-state index contributed by atoms with van der Waals surface area (Å²) in [5, 5.41) is 0. The minimum Gasteiger partial charge on any atom is -0.454 e. The summed E-state index contributed by atoms with van der Waals surface area (Å²) in [7, 11) is 0. The largest absolute Gasteiger partial charge is 0.454 e. The number of imidazole rings is 1. The lowest BCUT2D eigenvalue weighted by atomic mass is 10.3. The lowest BCUT2D eigenvalue weighted by Gasteiger charge is -2.08. The smallest absolute Gasteiger partial charge is 0.340 e. The molecule has 154 valence electrons. The van der Waals surface area contributed by atoms with Gasteiger partial charge in [0.2, 0.25) is 5.95 Å². The van der Waals surface area contributed by atoms with Crippen molar-refractivity contribution < 1.29 is 13.9 Å². The highest BCUT2D eigenvalue weighted by Crippen LogP contribution is 2.15. The Morgan fingerprint density at radius 2 is 1.97 bits per heavy atom. The summed E-state index contributed by atoms with van der Waals surface area (Å²) in [5.74, 6) is -1.04. The first-order valence-corrected chi connectivity index (χ1v) is 9.47. The molecular weight excluding hydrogens is 381 g/mol. The zero-order valence-corrected chi connectivity index (χ0v) is 16.3. The highest BCUT2D eigenvalue weighted by Gasteiger charge is 2.19. The second-order valence-corrected chi connectivity index (χ2v) is 6.56. The van der Waals surface area contributed by atoms with Crippen LogP contribution in [0.5, 0.6) is 0 Å². The summed E-state index contributed by atoms with van der Waals surface area (Å²) in [6.45, 7) is 4.63. The normalized spacial score (nSPS) is 11.1. The molecule has 0 bridgehead atoms. The van der Waals surface area contributed by atoms with E-state index in [4.69, 9.17) is 4.74 Å². The molecule has 29 heavy (non-hydrogen) atoms. The first-order valence-electron chi connectivity index (χ1n) is 9.47. The van der Waals surface area contributed by atoms with E-state index in [1.165, 1.54) is 10.6 Å². The van der Waals surface area contributed by atoms with E-state index in [0.717, 1.165) is 25.1 Å². The number of ether oxygens (including phenoxy) is 1. The van der Waals surface area contributed by atoms with Crippen molar-refractivity contribution in [1.29, 1.82) is 0 Å². The maximum atomic E-state index is 12.9. The first-order chi connectivity index (χ1) is 14.0. The minimum atomic E-state index is -0.699. The van der Waals surface area contributed by atoms with E-state index >= 15 is 0 Å². The fraction of sp³-hybridized carbons (Fsp3) is 0.421. The molecule has 10 heteroatoms. The van der Waals surface area contributed by atoms with Gasteiger partial charge in [-0.1, -0.05) is 20.3 Å². The SMILES string of the molecule is CCCCn1c(=O)[nH]c(=O)c2c1nc(COC(=O)c1ccc(F)nc1)n2CCC. The highest BCUT2D eigenvalue weighted by molar-refractivity contribution is 5.88. The Morgan fingerprint density at radius 3 is 2.62 bits per heavy atom. The van der Waals surface area contributed by atoms with Crippen molar-refractivity contribution >= 4 is 17.1 Å². The van der Waals surface area contributed by atoms with Gasteiger partial charge in [0.1, 0.15) is 12.4 Å². The Balaban J connectivity index is 1.98. The molecule has 0 amide bonds. The topological polar surface area (TPSA) is 112 Å². The lowest BCUT2D eigenvalue weighted by molar-refractivity contribution is 0.0458. The van der Waals surface area contributed by atoms with Crippen molar-refractivity contribution in [3.63, 3.8) is 0 Å². The van der Waals surface area contributed by atoms with Crippen LogP contribution in [0.2, 0.25) is 0 Å². The van der Waals surface area contributed by atoms with E-state index < -0.39 is 23.2 Å². The number of esters is 1. The third kappa shape index (κ3) is 4.25. The van der Waals surface area contributed by atoms with Crippen LogP contribution in [-0.4, -0.2) is 30.1 Å². The molecule has 0 aliphatic heterocycles. The second-order valence-electron chi connectivity index (χ2n) is 6.56. The molecule has 0 atom stereocenters. The van der Waals surface area contributed by atoms with Crippen LogP contribution in [0, 0.1) is 5.95 Å². The molecule has 3 aromatic rings. The molecule has 0 aliphatic carbocycles. The number of pyridine rings is 1. The number of aromatic amines is 1. The number of rotatable bonds is 8. The van der Waals surface area contributed by atoms with E-state index in [1.54, 1.807) is 4.57 Å². The van der Waals surface area contributed by atoms with Crippen LogP contribution < -0.4 is 11.2 Å². The molecule has 0 unspecified atom stereocenters. The predicted octanol–water partition coefficient (Wildman–Crippen LogP) is 1.99. The van der Waals surface area contributed by atoms with E-state index in [9.17, 15) is 18.8 Å². The first kappa shape index (κ1) is 20.4. The van der Waals surface area contributed by atoms with Gasteiger partial charge in [0.25, 0.3) is 5.56 Å². The lowest BCUT2D eigenvalue weighted by Crippen LogP contribution is -2.31. The van der Waals surface area contributed by atoms with Crippen molar-refractivity contribution in [3.8, 4) is 0 Å². The van der Waals surface area contributed by atoms with Crippen molar-refractivity contribution in [3.05, 3.63) is 56.5 Å². The van der Waals surface area contributed by atoms with Crippen molar-refractivity contribution in [1.82, 2.24) is 24.1 Å². The molecule has 0 radical (unpaired) electrons. The number of nitrogens with zero attached hydrogens (tertiary/aromatic N) is 4. The van der Waals surface area contributed by atoms with Crippen LogP contribution in [0.15, 0.2) is 27.9 Å². The number of hydrogen-bond acceptors (Lipinski definition) is 6. The predicted molar refractivity (Wildman–Crippen MR) is 103 cm³/mol. The number of unbranched alkanes of at least 4 members (excludes halogenated alkanes) is 1. The van der Waals surface area contributed by atoms with Gasteiger partial charge in [-0.2, -0.15) is 4.39 Å². The van der Waals surface area contributed by atoms with Gasteiger partial charge in [0.15, 0.2) is 11.2 Å². The van der Waals surface area contributed by atoms with Crippen molar-refractivity contribution in [2.24, 2.45) is 0 Å². The van der Waals surface area contributed by atoms with Gasteiger partial charge in [-0.05, 0) is 25.0 Å². The number of aryl methyl sites for hydroxylation is 2. The third-order valence-electron chi connectivity index (χ3n) is 4.44. The minimum absolute atomic E-state index is 0.0993. The van der Waals surface area contributed by atoms with Crippen LogP contribution in [0.4, 0.5) is 4.39 Å². The standard InChI is InChI=1S/C19H22FN5O4/c1-3-5-9-25-16-15(17(26)23-19(25)28)24(8-4-2)14(22-16)11-29-18(27)12-6-7-13(20)21-10-12/h6-7,10H,3-5,8-9,11H2,1-2H3,(H,23,26,28). The molecule has 1 N–H and O–H groups in total. The maximum absolute atomic E-state index is 12.9. The van der Waals surface area contributed by atoms with Gasteiger partial charge in [0.05, 0.1) is 5.56 Å². The van der Waals surface area contributed by atoms with Gasteiger partial charge >= 0.3 is 11.7 Å². The Morgan fingerprint density at radius 1 is 1.17 bits per heavy atom. The number of halogens is 1. The van der Waals surface area contributed by atoms with Crippen LogP contribution in [0.25, 0.3) is 11.2 Å². The Kier molecular flexibility index (Phi) is 6.20. The number of carbonyl (C=O) groups excluding carboxylic acids is 1. The zero-order valence-electron chi connectivity index (χ0n) is 16.3. The molecule has 9 nitrogen and oxygen atoms in total. The summed E-state index contributed by atoms with van der Waals surface area (Å²) in [4.78, 5) is 47.1. The Labute approximate surface area is 165 Å². The summed E-state index contributed by atoms with van der Waals surface area (Å²) in [6.07, 6.45) is 3.42. The van der Waals surface area contributed by atoms with Gasteiger partial charge in [0, 0.05) is 19.3 Å². The van der Waals surface area contributed by atoms with Crippen LogP contribution >= 0.6 is 0 Å². The second kappa shape index (κ2) is 8.80. The monoisotopic (exact) mass is 403 g/mol. The van der Waals surface area contributed by atoms with Crippen LogP contribution in [0.1, 0.15) is 49.3 Å². The van der Waals surface area contributed by atoms with Crippen molar-refractivity contribution in [2.75, 3.05) is 0 Å². The molecule has 3 aromatic heterocycles. The molecule has 3 heterocycles. The van der Waals surface area contributed by atoms with Crippen LogP contribution in [0.3, 0.4) is 0 Å². The van der Waals surface area contributed by atoms with Crippen LogP contribution in [-0.2, 0) is 24.4 Å². The summed E-state index contributed by atoms with van der Waals surface area (Å²) in [5.41, 5.74) is -0.397. The average Bonchev–Trinajstić information content (AvgIpc) is 3.05. The molecule has 0 fully saturated rings. The molecule has 0 aromatic carbocycles. The fourth-order valence-corrected chi connectivity index (χ4v) is 3.03. The summed E-state index contributed by atoms with van der Waals surface area (Å²) in [6, 6.07) is 2.34. The third-order valence-corrected chi connectivity index (χ3v) is 4.44. The van der Waals surface area contributed by atoms with Gasteiger partial charge < -0.3 is 9.30 Å². The number of nitrogens with one attached hydrogen (secondary N) is 1. The number of carbonyl (C=O) groups is 1. The van der Waals surface area contributed by atoms with Crippen molar-refractivity contribution in [2.45, 2.75) is 52.8 Å². The number of fused-ring (bicyclic) bond motifs is 1. The number of hydrogen-bond donors (Lipinski definition) is 1. The maximum Gasteiger partial charge on any atom is 0.340 e. The zero-order chi connectivity index (χ0) is 21.0. The average molecular weight is 403 g/mol.